The first-order valence-electron chi connectivity index (χ1n) is 18.7. The molecule has 3 aromatic rings. The lowest BCUT2D eigenvalue weighted by atomic mass is 9.88. The molecule has 2 heterocycles. The number of amides is 2. The first-order valence-corrected chi connectivity index (χ1v) is 18.7. The molecule has 3 fully saturated rings. The second-order valence-electron chi connectivity index (χ2n) is 14.9. The average molecular weight is 719 g/mol. The number of aliphatic hydroxyl groups is 1. The molecule has 0 aromatic heterocycles. The number of benzene rings is 3. The molecular weight excluding hydrogens is 672 g/mol. The maximum atomic E-state index is 14.3. The van der Waals surface area contributed by atoms with Crippen LogP contribution in [0.3, 0.4) is 0 Å². The number of hydrogen-bond acceptors (Lipinski definition) is 8. The summed E-state index contributed by atoms with van der Waals surface area (Å²) in [4.78, 5) is 43.0. The van der Waals surface area contributed by atoms with Crippen molar-refractivity contribution in [2.24, 2.45) is 5.92 Å². The summed E-state index contributed by atoms with van der Waals surface area (Å²) in [5.74, 6) is -1.75. The summed E-state index contributed by atoms with van der Waals surface area (Å²) in [6.45, 7) is -0.151. The summed E-state index contributed by atoms with van der Waals surface area (Å²) in [6, 6.07) is 24.1. The van der Waals surface area contributed by atoms with E-state index in [1.54, 1.807) is 19.2 Å². The number of rotatable bonds is 11. The van der Waals surface area contributed by atoms with Gasteiger partial charge in [0.1, 0.15) is 24.4 Å². The fourth-order valence-corrected chi connectivity index (χ4v) is 8.39. The van der Waals surface area contributed by atoms with Crippen molar-refractivity contribution in [2.75, 3.05) is 20.2 Å². The van der Waals surface area contributed by atoms with Crippen LogP contribution in [-0.4, -0.2) is 90.3 Å². The highest BCUT2D eigenvalue weighted by molar-refractivity contribution is 5.97. The van der Waals surface area contributed by atoms with Gasteiger partial charge in [-0.2, -0.15) is 0 Å². The molecule has 1 saturated carbocycles. The summed E-state index contributed by atoms with van der Waals surface area (Å²) in [5.41, 5.74) is 4.85. The van der Waals surface area contributed by atoms with Gasteiger partial charge in [0.15, 0.2) is 5.79 Å². The lowest BCUT2D eigenvalue weighted by Crippen LogP contribution is -2.51. The molecule has 0 radical (unpaired) electrons. The molecule has 7 atom stereocenters. The number of carbonyl (C=O) groups is 3. The molecule has 2 saturated heterocycles. The standard InChI is InChI=1S/C43H46N2O8/c1-45(34(40(47)44-18-19-46)21-27-8-3-2-4-9-27)41(48)33-23-37(39-38(24-33)52-43(53-39)25-31-11-5-6-12-32(31)26-43)51-42(49)30-13-7-10-28(20-30)14-15-29-16-17-35-36(22-29)50-35/h2-15,20,24,29,34-39,46H,16-19,21-23,25-26H2,1H3,(H,44,47). The van der Waals surface area contributed by atoms with Gasteiger partial charge in [-0.3, -0.25) is 9.59 Å². The van der Waals surface area contributed by atoms with E-state index in [9.17, 15) is 19.5 Å². The van der Waals surface area contributed by atoms with E-state index in [1.165, 1.54) is 4.90 Å². The zero-order chi connectivity index (χ0) is 36.5. The maximum Gasteiger partial charge on any atom is 0.338 e. The van der Waals surface area contributed by atoms with Crippen LogP contribution in [0.5, 0.6) is 0 Å². The van der Waals surface area contributed by atoms with Crippen molar-refractivity contribution in [1.82, 2.24) is 10.2 Å². The lowest BCUT2D eigenvalue weighted by molar-refractivity contribution is -0.172. The van der Waals surface area contributed by atoms with Crippen LogP contribution in [-0.2, 0) is 47.8 Å². The molecule has 7 unspecified atom stereocenters. The van der Waals surface area contributed by atoms with Crippen molar-refractivity contribution < 1.29 is 38.4 Å². The van der Waals surface area contributed by atoms with Gasteiger partial charge in [0, 0.05) is 44.8 Å². The number of ether oxygens (including phenoxy) is 4. The van der Waals surface area contributed by atoms with Gasteiger partial charge in [0.05, 0.1) is 24.4 Å². The van der Waals surface area contributed by atoms with Gasteiger partial charge in [-0.1, -0.05) is 78.9 Å². The summed E-state index contributed by atoms with van der Waals surface area (Å²) >= 11 is 0. The molecule has 0 bridgehead atoms. The van der Waals surface area contributed by atoms with Crippen LogP contribution >= 0.6 is 0 Å². The van der Waals surface area contributed by atoms with Crippen molar-refractivity contribution in [3.63, 3.8) is 0 Å². The van der Waals surface area contributed by atoms with Gasteiger partial charge >= 0.3 is 5.97 Å². The second kappa shape index (κ2) is 15.0. The topological polar surface area (TPSA) is 127 Å². The number of hydrogen-bond donors (Lipinski definition) is 2. The fraction of sp³-hybridized carbons (Fsp3) is 0.419. The van der Waals surface area contributed by atoms with E-state index < -0.39 is 36.1 Å². The minimum atomic E-state index is -0.944. The molecule has 53 heavy (non-hydrogen) atoms. The Morgan fingerprint density at radius 1 is 0.981 bits per heavy atom. The van der Waals surface area contributed by atoms with E-state index in [1.807, 2.05) is 60.7 Å². The van der Waals surface area contributed by atoms with E-state index in [0.717, 1.165) is 41.5 Å². The number of esters is 1. The highest BCUT2D eigenvalue weighted by atomic mass is 16.8. The number of allylic oxidation sites excluding steroid dienone is 1. The zero-order valence-electron chi connectivity index (χ0n) is 29.9. The average Bonchev–Trinajstić information content (AvgIpc) is 3.74. The Morgan fingerprint density at radius 2 is 1.75 bits per heavy atom. The molecular formula is C43H46N2O8. The molecule has 8 rings (SSSR count). The number of aliphatic hydroxyl groups excluding tert-OH is 1. The Morgan fingerprint density at radius 3 is 2.51 bits per heavy atom. The Labute approximate surface area is 309 Å². The highest BCUT2D eigenvalue weighted by Gasteiger charge is 2.55. The summed E-state index contributed by atoms with van der Waals surface area (Å²) in [5, 5.41) is 12.1. The lowest BCUT2D eigenvalue weighted by Gasteiger charge is -2.33. The summed E-state index contributed by atoms with van der Waals surface area (Å²) < 4.78 is 25.3. The number of carbonyl (C=O) groups excluding carboxylic acids is 3. The third-order valence-corrected chi connectivity index (χ3v) is 11.3. The van der Waals surface area contributed by atoms with E-state index >= 15 is 0 Å². The summed E-state index contributed by atoms with van der Waals surface area (Å²) in [7, 11) is 1.60. The van der Waals surface area contributed by atoms with Crippen LogP contribution in [0.1, 0.15) is 58.3 Å². The Balaban J connectivity index is 1.03. The molecule has 5 aliphatic rings. The summed E-state index contributed by atoms with van der Waals surface area (Å²) in [6.07, 6.45) is 9.46. The van der Waals surface area contributed by atoms with Crippen LogP contribution in [0, 0.1) is 5.92 Å². The van der Waals surface area contributed by atoms with E-state index in [2.05, 4.69) is 29.6 Å². The van der Waals surface area contributed by atoms with Crippen molar-refractivity contribution in [2.45, 2.75) is 87.3 Å². The smallest absolute Gasteiger partial charge is 0.338 e. The number of likely N-dealkylation sites (N-methyl/N-ethyl adjacent to an activating group) is 1. The predicted molar refractivity (Wildman–Crippen MR) is 197 cm³/mol. The molecule has 1 spiro atoms. The number of fused-ring (bicyclic) bond motifs is 3. The van der Waals surface area contributed by atoms with Crippen molar-refractivity contribution in [3.8, 4) is 0 Å². The van der Waals surface area contributed by atoms with Crippen molar-refractivity contribution >= 4 is 23.9 Å². The maximum absolute atomic E-state index is 14.3. The number of nitrogens with one attached hydrogen (secondary N) is 1. The Bertz CT molecular complexity index is 1880. The molecule has 3 aromatic carbocycles. The van der Waals surface area contributed by atoms with E-state index in [-0.39, 0.29) is 37.8 Å². The second-order valence-corrected chi connectivity index (χ2v) is 14.9. The first kappa shape index (κ1) is 35.4. The fourth-order valence-electron chi connectivity index (χ4n) is 8.39. The normalized spacial score (nSPS) is 26.9. The SMILES string of the molecule is CN(C(=O)C1=CC2OC3(Cc4ccccc4C3)OC2C(OC(=O)c2cccc(C=CC3CCC4OC4C3)c2)C1)C(Cc1ccccc1)C(=O)NCCO. The third-order valence-electron chi connectivity index (χ3n) is 11.3. The van der Waals surface area contributed by atoms with Crippen LogP contribution in [0.4, 0.5) is 0 Å². The van der Waals surface area contributed by atoms with E-state index in [4.69, 9.17) is 18.9 Å². The van der Waals surface area contributed by atoms with Crippen LogP contribution in [0.25, 0.3) is 6.08 Å². The molecule has 2 amide bonds. The minimum absolute atomic E-state index is 0.0691. The van der Waals surface area contributed by atoms with Gasteiger partial charge < -0.3 is 34.3 Å². The highest BCUT2D eigenvalue weighted by Crippen LogP contribution is 2.45. The first-order chi connectivity index (χ1) is 25.8. The molecule has 2 aliphatic heterocycles. The van der Waals surface area contributed by atoms with Gasteiger partial charge in [0.2, 0.25) is 11.8 Å². The minimum Gasteiger partial charge on any atom is -0.456 e. The quantitative estimate of drug-likeness (QED) is 0.218. The van der Waals surface area contributed by atoms with Crippen LogP contribution in [0.15, 0.2) is 96.6 Å². The van der Waals surface area contributed by atoms with Crippen LogP contribution < -0.4 is 5.32 Å². The molecule has 276 valence electrons. The van der Waals surface area contributed by atoms with Gasteiger partial charge in [-0.15, -0.1) is 0 Å². The Hall–Kier alpha value is -4.61. The van der Waals surface area contributed by atoms with Gasteiger partial charge in [-0.25, -0.2) is 4.79 Å². The molecule has 10 heteroatoms. The number of epoxide rings is 1. The third kappa shape index (κ3) is 7.73. The number of nitrogens with zero attached hydrogens (tertiary/aromatic N) is 1. The molecule has 3 aliphatic carbocycles. The van der Waals surface area contributed by atoms with Crippen molar-refractivity contribution in [3.05, 3.63) is 124 Å². The Kier molecular flexibility index (Phi) is 10.0. The monoisotopic (exact) mass is 718 g/mol. The molecule has 10 nitrogen and oxygen atoms in total. The predicted octanol–water partition coefficient (Wildman–Crippen LogP) is 4.58. The molecule has 2 N–H and O–H groups in total. The van der Waals surface area contributed by atoms with Gasteiger partial charge in [-0.05, 0) is 65.6 Å². The van der Waals surface area contributed by atoms with Gasteiger partial charge in [0.25, 0.3) is 0 Å². The van der Waals surface area contributed by atoms with Crippen LogP contribution in [0.2, 0.25) is 0 Å². The zero-order valence-corrected chi connectivity index (χ0v) is 29.9. The van der Waals surface area contributed by atoms with E-state index in [0.29, 0.717) is 42.1 Å². The van der Waals surface area contributed by atoms with Crippen molar-refractivity contribution in [1.29, 1.82) is 0 Å². The largest absolute Gasteiger partial charge is 0.456 e.